The van der Waals surface area contributed by atoms with Gasteiger partial charge in [-0.25, -0.2) is 4.68 Å². The van der Waals surface area contributed by atoms with E-state index in [-0.39, 0.29) is 23.3 Å². The van der Waals surface area contributed by atoms with Gasteiger partial charge >= 0.3 is 0 Å². The fourth-order valence-corrected chi connectivity index (χ4v) is 3.06. The van der Waals surface area contributed by atoms with Crippen LogP contribution in [0.25, 0.3) is 5.69 Å². The molecule has 0 radical (unpaired) electrons. The number of nitro groups is 1. The van der Waals surface area contributed by atoms with Crippen LogP contribution in [0.3, 0.4) is 0 Å². The molecule has 0 aliphatic heterocycles. The zero-order valence-electron chi connectivity index (χ0n) is 17.0. The first-order valence-corrected chi connectivity index (χ1v) is 9.50. The standard InChI is InChI=1S/C21H23N5O4/c1-14(7-8-16-9-11-19(30-3)12-10-16)22-21(27)20-15(2)25(24-23-20)17-5-4-6-18(13-17)26(28)29/h4-6,9-14H,7-8H2,1-3H3,(H,22,27). The van der Waals surface area contributed by atoms with Gasteiger partial charge in [-0.3, -0.25) is 14.9 Å². The van der Waals surface area contributed by atoms with E-state index in [4.69, 9.17) is 4.74 Å². The normalized spacial score (nSPS) is 11.7. The van der Waals surface area contributed by atoms with Crippen LogP contribution in [0, 0.1) is 17.0 Å². The molecule has 0 fully saturated rings. The topological polar surface area (TPSA) is 112 Å². The Morgan fingerprint density at radius 2 is 2.00 bits per heavy atom. The number of amides is 1. The molecule has 0 saturated heterocycles. The van der Waals surface area contributed by atoms with Gasteiger partial charge in [0.1, 0.15) is 5.75 Å². The average Bonchev–Trinajstić information content (AvgIpc) is 3.14. The van der Waals surface area contributed by atoms with Crippen molar-refractivity contribution < 1.29 is 14.5 Å². The van der Waals surface area contributed by atoms with Gasteiger partial charge in [-0.2, -0.15) is 0 Å². The number of non-ortho nitro benzene ring substituents is 1. The monoisotopic (exact) mass is 409 g/mol. The van der Waals surface area contributed by atoms with Crippen molar-refractivity contribution in [3.63, 3.8) is 0 Å². The molecule has 0 aliphatic carbocycles. The fraction of sp³-hybridized carbons (Fsp3) is 0.286. The highest BCUT2D eigenvalue weighted by Crippen LogP contribution is 2.18. The lowest BCUT2D eigenvalue weighted by molar-refractivity contribution is -0.384. The number of ether oxygens (including phenoxy) is 1. The Balaban J connectivity index is 1.64. The summed E-state index contributed by atoms with van der Waals surface area (Å²) in [6, 6.07) is 13.8. The molecule has 9 heteroatoms. The fourth-order valence-electron chi connectivity index (χ4n) is 3.06. The Morgan fingerprint density at radius 3 is 2.67 bits per heavy atom. The summed E-state index contributed by atoms with van der Waals surface area (Å²) in [7, 11) is 1.63. The highest BCUT2D eigenvalue weighted by Gasteiger charge is 2.20. The van der Waals surface area contributed by atoms with Crippen LogP contribution in [-0.4, -0.2) is 39.0 Å². The van der Waals surface area contributed by atoms with Crippen molar-refractivity contribution in [1.29, 1.82) is 0 Å². The molecule has 3 rings (SSSR count). The molecule has 2 aromatic carbocycles. The number of nitrogens with one attached hydrogen (secondary N) is 1. The highest BCUT2D eigenvalue weighted by molar-refractivity contribution is 5.93. The van der Waals surface area contributed by atoms with Crippen LogP contribution in [0.4, 0.5) is 5.69 Å². The molecule has 0 aliphatic rings. The summed E-state index contributed by atoms with van der Waals surface area (Å²) in [4.78, 5) is 23.2. The third-order valence-electron chi connectivity index (χ3n) is 4.80. The number of aryl methyl sites for hydroxylation is 1. The van der Waals surface area contributed by atoms with Crippen LogP contribution in [0.1, 0.15) is 35.1 Å². The summed E-state index contributed by atoms with van der Waals surface area (Å²) in [6.07, 6.45) is 1.57. The molecule has 1 heterocycles. The minimum atomic E-state index is -0.478. The summed E-state index contributed by atoms with van der Waals surface area (Å²) < 4.78 is 6.58. The number of hydrogen-bond acceptors (Lipinski definition) is 6. The molecule has 1 aromatic heterocycles. The van der Waals surface area contributed by atoms with Crippen LogP contribution in [0.15, 0.2) is 48.5 Å². The zero-order chi connectivity index (χ0) is 21.7. The van der Waals surface area contributed by atoms with Gasteiger partial charge in [0.05, 0.1) is 23.4 Å². The molecule has 1 unspecified atom stereocenters. The summed E-state index contributed by atoms with van der Waals surface area (Å²) in [5.74, 6) is 0.480. The number of benzene rings is 2. The number of rotatable bonds is 8. The first-order chi connectivity index (χ1) is 14.4. The van der Waals surface area contributed by atoms with E-state index < -0.39 is 4.92 Å². The predicted molar refractivity (Wildman–Crippen MR) is 111 cm³/mol. The van der Waals surface area contributed by atoms with Gasteiger partial charge in [-0.05, 0) is 50.5 Å². The third-order valence-corrected chi connectivity index (χ3v) is 4.80. The summed E-state index contributed by atoms with van der Waals surface area (Å²) in [5, 5.41) is 21.9. The van der Waals surface area contributed by atoms with Gasteiger partial charge in [-0.1, -0.05) is 23.4 Å². The Morgan fingerprint density at radius 1 is 1.27 bits per heavy atom. The molecule has 1 N–H and O–H groups in total. The van der Waals surface area contributed by atoms with Gasteiger partial charge in [0.2, 0.25) is 0 Å². The quantitative estimate of drug-likeness (QED) is 0.451. The summed E-state index contributed by atoms with van der Waals surface area (Å²) in [5.41, 5.74) is 2.28. The van der Waals surface area contributed by atoms with Crippen molar-refractivity contribution in [3.05, 3.63) is 75.6 Å². The first kappa shape index (κ1) is 21.0. The van der Waals surface area contributed by atoms with Crippen LogP contribution in [0.2, 0.25) is 0 Å². The lowest BCUT2D eigenvalue weighted by Crippen LogP contribution is -2.33. The Labute approximate surface area is 173 Å². The minimum Gasteiger partial charge on any atom is -0.497 e. The lowest BCUT2D eigenvalue weighted by atomic mass is 10.1. The molecule has 1 atom stereocenters. The van der Waals surface area contributed by atoms with Crippen LogP contribution in [0.5, 0.6) is 5.75 Å². The highest BCUT2D eigenvalue weighted by atomic mass is 16.6. The second-order valence-corrected chi connectivity index (χ2v) is 6.97. The molecular weight excluding hydrogens is 386 g/mol. The van der Waals surface area contributed by atoms with Gasteiger partial charge < -0.3 is 10.1 Å². The van der Waals surface area contributed by atoms with Crippen molar-refractivity contribution in [2.45, 2.75) is 32.7 Å². The van der Waals surface area contributed by atoms with E-state index >= 15 is 0 Å². The van der Waals surface area contributed by atoms with Crippen molar-refractivity contribution >= 4 is 11.6 Å². The number of aromatic nitrogens is 3. The van der Waals surface area contributed by atoms with E-state index in [1.54, 1.807) is 26.2 Å². The second kappa shape index (κ2) is 9.17. The molecular formula is C21H23N5O4. The number of nitrogens with zero attached hydrogens (tertiary/aromatic N) is 4. The maximum Gasteiger partial charge on any atom is 0.273 e. The smallest absolute Gasteiger partial charge is 0.273 e. The first-order valence-electron chi connectivity index (χ1n) is 9.50. The molecule has 30 heavy (non-hydrogen) atoms. The maximum atomic E-state index is 12.6. The SMILES string of the molecule is COc1ccc(CCC(C)NC(=O)c2nnn(-c3cccc([N+](=O)[O-])c3)c2C)cc1. The minimum absolute atomic E-state index is 0.0550. The number of hydrogen-bond donors (Lipinski definition) is 1. The van der Waals surface area contributed by atoms with E-state index in [9.17, 15) is 14.9 Å². The van der Waals surface area contributed by atoms with Gasteiger partial charge in [0.25, 0.3) is 11.6 Å². The van der Waals surface area contributed by atoms with E-state index in [1.807, 2.05) is 31.2 Å². The Kier molecular flexibility index (Phi) is 6.41. The summed E-state index contributed by atoms with van der Waals surface area (Å²) >= 11 is 0. The van der Waals surface area contributed by atoms with Crippen molar-refractivity contribution in [3.8, 4) is 11.4 Å². The molecule has 3 aromatic rings. The van der Waals surface area contributed by atoms with Gasteiger partial charge in [0.15, 0.2) is 5.69 Å². The van der Waals surface area contributed by atoms with Crippen molar-refractivity contribution in [2.24, 2.45) is 0 Å². The average molecular weight is 409 g/mol. The molecule has 0 bridgehead atoms. The zero-order valence-corrected chi connectivity index (χ0v) is 17.0. The Bertz CT molecular complexity index is 1050. The second-order valence-electron chi connectivity index (χ2n) is 6.97. The van der Waals surface area contributed by atoms with Gasteiger partial charge in [-0.15, -0.1) is 5.10 Å². The molecule has 0 saturated carbocycles. The Hall–Kier alpha value is -3.75. The van der Waals surface area contributed by atoms with Crippen molar-refractivity contribution in [2.75, 3.05) is 7.11 Å². The molecule has 9 nitrogen and oxygen atoms in total. The summed E-state index contributed by atoms with van der Waals surface area (Å²) in [6.45, 7) is 3.64. The molecule has 1 amide bonds. The van der Waals surface area contributed by atoms with E-state index in [2.05, 4.69) is 15.6 Å². The van der Waals surface area contributed by atoms with E-state index in [1.165, 1.54) is 16.8 Å². The third kappa shape index (κ3) is 4.80. The van der Waals surface area contributed by atoms with E-state index in [0.29, 0.717) is 11.4 Å². The number of nitro benzene ring substituents is 1. The molecule has 156 valence electrons. The molecule has 0 spiro atoms. The van der Waals surface area contributed by atoms with Crippen LogP contribution >= 0.6 is 0 Å². The van der Waals surface area contributed by atoms with Gasteiger partial charge in [0, 0.05) is 18.2 Å². The predicted octanol–water partition coefficient (Wildman–Crippen LogP) is 3.24. The van der Waals surface area contributed by atoms with Crippen LogP contribution in [-0.2, 0) is 6.42 Å². The largest absolute Gasteiger partial charge is 0.497 e. The maximum absolute atomic E-state index is 12.6. The van der Waals surface area contributed by atoms with Crippen LogP contribution < -0.4 is 10.1 Å². The van der Waals surface area contributed by atoms with E-state index in [0.717, 1.165) is 24.2 Å². The number of carbonyl (C=O) groups is 1. The number of methoxy groups -OCH3 is 1. The lowest BCUT2D eigenvalue weighted by Gasteiger charge is -2.13. The van der Waals surface area contributed by atoms with Crippen molar-refractivity contribution in [1.82, 2.24) is 20.3 Å². The number of carbonyl (C=O) groups excluding carboxylic acids is 1.